The van der Waals surface area contributed by atoms with Crippen LogP contribution in [0.3, 0.4) is 0 Å². The third-order valence-electron chi connectivity index (χ3n) is 5.19. The number of aromatic nitrogens is 4. The molecule has 3 aromatic heterocycles. The molecule has 0 saturated carbocycles. The molecule has 9 heteroatoms. The maximum Gasteiger partial charge on any atom is 0.262 e. The molecule has 4 aromatic rings. The molecule has 0 spiro atoms. The van der Waals surface area contributed by atoms with E-state index in [2.05, 4.69) is 21.1 Å². The normalized spacial score (nSPS) is 16.4. The molecule has 1 atom stereocenters. The van der Waals surface area contributed by atoms with Crippen molar-refractivity contribution in [3.8, 4) is 5.69 Å². The first-order valence-electron chi connectivity index (χ1n) is 9.70. The van der Waals surface area contributed by atoms with Crippen molar-refractivity contribution in [2.24, 2.45) is 0 Å². The summed E-state index contributed by atoms with van der Waals surface area (Å²) < 4.78 is 1.64. The first-order valence-corrected chi connectivity index (χ1v) is 11.6. The topological polar surface area (TPSA) is 83.9 Å². The molecule has 1 amide bonds. The van der Waals surface area contributed by atoms with Crippen molar-refractivity contribution >= 4 is 40.0 Å². The monoisotopic (exact) mass is 437 g/mol. The first kappa shape index (κ1) is 19.1. The van der Waals surface area contributed by atoms with E-state index in [1.54, 1.807) is 16.0 Å². The average molecular weight is 438 g/mol. The number of hydrogen-bond donors (Lipinski definition) is 1. The maximum absolute atomic E-state index is 12.9. The summed E-state index contributed by atoms with van der Waals surface area (Å²) in [7, 11) is 0. The molecule has 0 radical (unpaired) electrons. The van der Waals surface area contributed by atoms with Crippen LogP contribution in [-0.2, 0) is 4.79 Å². The van der Waals surface area contributed by atoms with Crippen LogP contribution in [0.5, 0.6) is 0 Å². The van der Waals surface area contributed by atoms with Gasteiger partial charge in [0.05, 0.1) is 23.7 Å². The Bertz CT molecular complexity index is 1230. The van der Waals surface area contributed by atoms with E-state index in [0.29, 0.717) is 16.2 Å². The minimum atomic E-state index is -0.255. The summed E-state index contributed by atoms with van der Waals surface area (Å²) in [6.45, 7) is 0.770. The van der Waals surface area contributed by atoms with Crippen LogP contribution in [0.2, 0.25) is 0 Å². The van der Waals surface area contributed by atoms with Crippen LogP contribution in [0.15, 0.2) is 64.0 Å². The molecule has 4 heterocycles. The van der Waals surface area contributed by atoms with E-state index in [1.807, 2.05) is 46.7 Å². The number of nitrogens with one attached hydrogen (secondary N) is 1. The Morgan fingerprint density at radius 2 is 2.10 bits per heavy atom. The molecule has 7 nitrogen and oxygen atoms in total. The van der Waals surface area contributed by atoms with Gasteiger partial charge < -0.3 is 9.88 Å². The zero-order chi connectivity index (χ0) is 20.5. The quantitative estimate of drug-likeness (QED) is 0.381. The average Bonchev–Trinajstić information content (AvgIpc) is 3.52. The second kappa shape index (κ2) is 8.08. The van der Waals surface area contributed by atoms with Gasteiger partial charge in [-0.05, 0) is 36.4 Å². The van der Waals surface area contributed by atoms with Crippen molar-refractivity contribution in [2.75, 3.05) is 12.3 Å². The van der Waals surface area contributed by atoms with E-state index >= 15 is 0 Å². The number of amides is 1. The third kappa shape index (κ3) is 3.54. The molecule has 1 aromatic carbocycles. The SMILES string of the molecule is O=C(CSc1nc2c(cnn2-c2ccccc2)c(=O)[nH]1)N1CCC[C@H]1c1cccs1. The second-order valence-corrected chi connectivity index (χ2v) is 8.99. The van der Waals surface area contributed by atoms with Crippen LogP contribution < -0.4 is 5.56 Å². The van der Waals surface area contributed by atoms with Crippen LogP contribution in [0.1, 0.15) is 23.8 Å². The number of rotatable bonds is 5. The number of carbonyl (C=O) groups is 1. The van der Waals surface area contributed by atoms with Gasteiger partial charge in [-0.25, -0.2) is 9.67 Å². The fraction of sp³-hybridized carbons (Fsp3) is 0.238. The fourth-order valence-electron chi connectivity index (χ4n) is 3.78. The molecule has 1 saturated heterocycles. The van der Waals surface area contributed by atoms with E-state index in [9.17, 15) is 9.59 Å². The number of likely N-dealkylation sites (tertiary alicyclic amines) is 1. The largest absolute Gasteiger partial charge is 0.334 e. The highest BCUT2D eigenvalue weighted by atomic mass is 32.2. The molecular weight excluding hydrogens is 418 g/mol. The highest BCUT2D eigenvalue weighted by Gasteiger charge is 2.30. The molecule has 0 aliphatic carbocycles. The molecule has 152 valence electrons. The van der Waals surface area contributed by atoms with Crippen LogP contribution in [0.25, 0.3) is 16.7 Å². The van der Waals surface area contributed by atoms with Crippen molar-refractivity contribution in [3.63, 3.8) is 0 Å². The number of nitrogens with zero attached hydrogens (tertiary/aromatic N) is 4. The third-order valence-corrected chi connectivity index (χ3v) is 7.03. The number of benzene rings is 1. The molecule has 1 N–H and O–H groups in total. The van der Waals surface area contributed by atoms with Crippen molar-refractivity contribution in [1.29, 1.82) is 0 Å². The van der Waals surface area contributed by atoms with Crippen molar-refractivity contribution in [1.82, 2.24) is 24.6 Å². The Hall–Kier alpha value is -2.91. The number of fused-ring (bicyclic) bond motifs is 1. The van der Waals surface area contributed by atoms with Gasteiger partial charge in [-0.3, -0.25) is 9.59 Å². The van der Waals surface area contributed by atoms with E-state index < -0.39 is 0 Å². The van der Waals surface area contributed by atoms with Gasteiger partial charge in [-0.2, -0.15) is 5.10 Å². The standard InChI is InChI=1S/C21H19N5O2S2/c27-18(25-10-4-8-16(25)17-9-5-11-29-17)13-30-21-23-19-15(20(28)24-21)12-22-26(19)14-6-2-1-3-7-14/h1-3,5-7,9,11-12,16H,4,8,10,13H2,(H,23,24,28)/t16-/m0/s1. The predicted octanol–water partition coefficient (Wildman–Crippen LogP) is 3.63. The number of hydrogen-bond acceptors (Lipinski definition) is 6. The number of H-pyrrole nitrogens is 1. The molecule has 1 aliphatic heterocycles. The lowest BCUT2D eigenvalue weighted by Gasteiger charge is -2.23. The summed E-state index contributed by atoms with van der Waals surface area (Å²) in [5.74, 6) is 0.297. The van der Waals surface area contributed by atoms with Crippen LogP contribution in [-0.4, -0.2) is 42.9 Å². The van der Waals surface area contributed by atoms with E-state index in [4.69, 9.17) is 0 Å². The smallest absolute Gasteiger partial charge is 0.262 e. The molecule has 0 unspecified atom stereocenters. The molecule has 0 bridgehead atoms. The Balaban J connectivity index is 1.37. The number of thiophene rings is 1. The van der Waals surface area contributed by atoms with Gasteiger partial charge in [0.2, 0.25) is 5.91 Å². The maximum atomic E-state index is 12.9. The Kier molecular flexibility index (Phi) is 5.14. The number of thioether (sulfide) groups is 1. The Labute approximate surface area is 180 Å². The van der Waals surface area contributed by atoms with E-state index in [0.717, 1.165) is 25.1 Å². The van der Waals surface area contributed by atoms with Gasteiger partial charge in [0.15, 0.2) is 10.8 Å². The Morgan fingerprint density at radius 1 is 1.23 bits per heavy atom. The highest BCUT2D eigenvalue weighted by Crippen LogP contribution is 2.35. The molecular formula is C21H19N5O2S2. The second-order valence-electron chi connectivity index (χ2n) is 7.05. The van der Waals surface area contributed by atoms with Gasteiger partial charge >= 0.3 is 0 Å². The van der Waals surface area contributed by atoms with Crippen molar-refractivity contribution in [2.45, 2.75) is 24.0 Å². The fourth-order valence-corrected chi connectivity index (χ4v) is 5.40. The Morgan fingerprint density at radius 3 is 2.90 bits per heavy atom. The summed E-state index contributed by atoms with van der Waals surface area (Å²) in [5.41, 5.74) is 1.06. The highest BCUT2D eigenvalue weighted by molar-refractivity contribution is 7.99. The van der Waals surface area contributed by atoms with Gasteiger partial charge in [0.1, 0.15) is 5.39 Å². The van der Waals surface area contributed by atoms with Crippen LogP contribution in [0, 0.1) is 0 Å². The molecule has 30 heavy (non-hydrogen) atoms. The number of carbonyl (C=O) groups excluding carboxylic acids is 1. The number of para-hydroxylation sites is 1. The predicted molar refractivity (Wildman–Crippen MR) is 118 cm³/mol. The van der Waals surface area contributed by atoms with Gasteiger partial charge in [0, 0.05) is 11.4 Å². The van der Waals surface area contributed by atoms with Crippen molar-refractivity contribution in [3.05, 3.63) is 69.3 Å². The zero-order valence-electron chi connectivity index (χ0n) is 16.0. The van der Waals surface area contributed by atoms with Crippen molar-refractivity contribution < 1.29 is 4.79 Å². The summed E-state index contributed by atoms with van der Waals surface area (Å²) in [6.07, 6.45) is 3.52. The van der Waals surface area contributed by atoms with E-state index in [-0.39, 0.29) is 23.3 Å². The number of aromatic amines is 1. The lowest BCUT2D eigenvalue weighted by Crippen LogP contribution is -2.31. The summed E-state index contributed by atoms with van der Waals surface area (Å²) in [4.78, 5) is 35.9. The van der Waals surface area contributed by atoms with Gasteiger partial charge in [-0.1, -0.05) is 36.0 Å². The molecule has 1 aliphatic rings. The zero-order valence-corrected chi connectivity index (χ0v) is 17.7. The summed E-state index contributed by atoms with van der Waals surface area (Å²) >= 11 is 2.94. The van der Waals surface area contributed by atoms with E-state index in [1.165, 1.54) is 22.8 Å². The van der Waals surface area contributed by atoms with Crippen LogP contribution >= 0.6 is 23.1 Å². The van der Waals surface area contributed by atoms with Crippen LogP contribution in [0.4, 0.5) is 0 Å². The first-order chi connectivity index (χ1) is 14.7. The molecule has 5 rings (SSSR count). The molecule has 1 fully saturated rings. The van der Waals surface area contributed by atoms with Gasteiger partial charge in [-0.15, -0.1) is 11.3 Å². The minimum Gasteiger partial charge on any atom is -0.334 e. The van der Waals surface area contributed by atoms with Gasteiger partial charge in [0.25, 0.3) is 5.56 Å². The summed E-state index contributed by atoms with van der Waals surface area (Å²) in [5, 5.41) is 7.21. The lowest BCUT2D eigenvalue weighted by molar-refractivity contribution is -0.129. The summed E-state index contributed by atoms with van der Waals surface area (Å²) in [6, 6.07) is 13.8. The lowest BCUT2D eigenvalue weighted by atomic mass is 10.2. The minimum absolute atomic E-state index is 0.0650.